The van der Waals surface area contributed by atoms with Crippen molar-refractivity contribution >= 4 is 17.2 Å². The Hall–Kier alpha value is -1.72. The molecule has 1 aromatic carbocycles. The van der Waals surface area contributed by atoms with Crippen molar-refractivity contribution in [2.45, 2.75) is 44.1 Å². The van der Waals surface area contributed by atoms with E-state index in [1.54, 1.807) is 29.0 Å². The molecule has 1 aromatic heterocycles. The molecule has 0 radical (unpaired) electrons. The van der Waals surface area contributed by atoms with E-state index in [1.807, 2.05) is 17.5 Å². The lowest BCUT2D eigenvalue weighted by Gasteiger charge is -2.26. The van der Waals surface area contributed by atoms with E-state index < -0.39 is 5.60 Å². The lowest BCUT2D eigenvalue weighted by atomic mass is 9.94. The van der Waals surface area contributed by atoms with Crippen LogP contribution < -0.4 is 5.32 Å². The molecule has 1 amide bonds. The van der Waals surface area contributed by atoms with E-state index in [9.17, 15) is 9.90 Å². The van der Waals surface area contributed by atoms with Crippen LogP contribution in [0, 0.1) is 0 Å². The second kappa shape index (κ2) is 7.23. The summed E-state index contributed by atoms with van der Waals surface area (Å²) >= 11 is 1.55. The van der Waals surface area contributed by atoms with Crippen molar-refractivity contribution in [3.63, 3.8) is 0 Å². The molecule has 1 saturated carbocycles. The molecule has 2 aromatic rings. The molecular weight excluding hydrogens is 308 g/mol. The van der Waals surface area contributed by atoms with E-state index in [2.05, 4.69) is 10.3 Å². The number of hydrogen-bond acceptors (Lipinski definition) is 4. The zero-order valence-corrected chi connectivity index (χ0v) is 13.9. The second-order valence-corrected chi connectivity index (χ2v) is 6.99. The number of nitrogens with zero attached hydrogens (tertiary/aromatic N) is 1. The van der Waals surface area contributed by atoms with Gasteiger partial charge in [-0.15, -0.1) is 11.3 Å². The molecule has 0 spiro atoms. The SMILES string of the molecule is O=C(NCC1(O)CCCCCC1)c1ccc(-c2cscn2)cc1. The van der Waals surface area contributed by atoms with E-state index in [0.717, 1.165) is 36.9 Å². The lowest BCUT2D eigenvalue weighted by Crippen LogP contribution is -2.42. The van der Waals surface area contributed by atoms with Crippen LogP contribution in [0.1, 0.15) is 48.9 Å². The number of carbonyl (C=O) groups is 1. The summed E-state index contributed by atoms with van der Waals surface area (Å²) in [6, 6.07) is 7.43. The van der Waals surface area contributed by atoms with Crippen LogP contribution >= 0.6 is 11.3 Å². The highest BCUT2D eigenvalue weighted by Crippen LogP contribution is 2.26. The Kier molecular flexibility index (Phi) is 5.08. The lowest BCUT2D eigenvalue weighted by molar-refractivity contribution is 0.0246. The van der Waals surface area contributed by atoms with Crippen molar-refractivity contribution in [2.75, 3.05) is 6.54 Å². The smallest absolute Gasteiger partial charge is 0.251 e. The number of rotatable bonds is 4. The third-order valence-corrected chi connectivity index (χ3v) is 5.07. The molecule has 0 bridgehead atoms. The molecule has 2 N–H and O–H groups in total. The van der Waals surface area contributed by atoms with Crippen LogP contribution in [-0.4, -0.2) is 28.1 Å². The van der Waals surface area contributed by atoms with Gasteiger partial charge in [-0.3, -0.25) is 4.79 Å². The first-order valence-corrected chi connectivity index (χ1v) is 9.10. The number of amides is 1. The molecule has 1 aliphatic rings. The summed E-state index contributed by atoms with van der Waals surface area (Å²) in [5, 5.41) is 15.5. The Morgan fingerprint density at radius 2 is 1.87 bits per heavy atom. The van der Waals surface area contributed by atoms with Crippen molar-refractivity contribution in [2.24, 2.45) is 0 Å². The Bertz CT molecular complexity index is 630. The predicted octanol–water partition coefficient (Wildman–Crippen LogP) is 3.63. The summed E-state index contributed by atoms with van der Waals surface area (Å²) in [5.74, 6) is -0.132. The van der Waals surface area contributed by atoms with E-state index in [4.69, 9.17) is 0 Å². The normalized spacial score (nSPS) is 17.4. The summed E-state index contributed by atoms with van der Waals surface area (Å²) in [5.41, 5.74) is 3.59. The Morgan fingerprint density at radius 1 is 1.17 bits per heavy atom. The molecule has 5 heteroatoms. The molecule has 1 heterocycles. The van der Waals surface area contributed by atoms with Crippen LogP contribution in [-0.2, 0) is 0 Å². The standard InChI is InChI=1S/C18H22N2O2S/c21-17(19-12-18(22)9-3-1-2-4-10-18)15-7-5-14(6-8-15)16-11-23-13-20-16/h5-8,11,13,22H,1-4,9-10,12H2,(H,19,21). The fraction of sp³-hybridized carbons (Fsp3) is 0.444. The van der Waals surface area contributed by atoms with Crippen molar-refractivity contribution < 1.29 is 9.90 Å². The van der Waals surface area contributed by atoms with Crippen molar-refractivity contribution in [3.05, 3.63) is 40.7 Å². The van der Waals surface area contributed by atoms with Gasteiger partial charge >= 0.3 is 0 Å². The molecule has 122 valence electrons. The van der Waals surface area contributed by atoms with Gasteiger partial charge in [-0.25, -0.2) is 4.98 Å². The number of nitrogens with one attached hydrogen (secondary N) is 1. The number of hydrogen-bond donors (Lipinski definition) is 2. The topological polar surface area (TPSA) is 62.2 Å². The Labute approximate surface area is 140 Å². The molecule has 4 nitrogen and oxygen atoms in total. The molecule has 0 unspecified atom stereocenters. The third kappa shape index (κ3) is 4.18. The van der Waals surface area contributed by atoms with Crippen molar-refractivity contribution in [1.29, 1.82) is 0 Å². The summed E-state index contributed by atoms with van der Waals surface area (Å²) < 4.78 is 0. The zero-order chi connectivity index (χ0) is 16.1. The highest BCUT2D eigenvalue weighted by Gasteiger charge is 2.28. The number of aliphatic hydroxyl groups is 1. The number of benzene rings is 1. The Balaban J connectivity index is 1.59. The van der Waals surface area contributed by atoms with Crippen LogP contribution in [0.5, 0.6) is 0 Å². The maximum absolute atomic E-state index is 12.3. The maximum Gasteiger partial charge on any atom is 0.251 e. The average molecular weight is 330 g/mol. The van der Waals surface area contributed by atoms with Crippen LogP contribution in [0.4, 0.5) is 0 Å². The molecule has 0 atom stereocenters. The van der Waals surface area contributed by atoms with E-state index in [-0.39, 0.29) is 5.91 Å². The monoisotopic (exact) mass is 330 g/mol. The van der Waals surface area contributed by atoms with E-state index in [1.165, 1.54) is 12.8 Å². The first-order chi connectivity index (χ1) is 11.2. The van der Waals surface area contributed by atoms with Gasteiger partial charge in [0.15, 0.2) is 0 Å². The van der Waals surface area contributed by atoms with Crippen LogP contribution in [0.2, 0.25) is 0 Å². The number of thiazole rings is 1. The molecule has 0 aliphatic heterocycles. The largest absolute Gasteiger partial charge is 0.388 e. The van der Waals surface area contributed by atoms with Gasteiger partial charge in [0.1, 0.15) is 0 Å². The van der Waals surface area contributed by atoms with Gasteiger partial charge in [-0.1, -0.05) is 37.8 Å². The Morgan fingerprint density at radius 3 is 2.48 bits per heavy atom. The summed E-state index contributed by atoms with van der Waals surface area (Å²) in [6.45, 7) is 0.333. The molecule has 1 fully saturated rings. The second-order valence-electron chi connectivity index (χ2n) is 6.27. The van der Waals surface area contributed by atoms with E-state index >= 15 is 0 Å². The number of carbonyl (C=O) groups excluding carboxylic acids is 1. The summed E-state index contributed by atoms with van der Waals surface area (Å²) in [6.07, 6.45) is 5.97. The number of aromatic nitrogens is 1. The van der Waals surface area contributed by atoms with Crippen molar-refractivity contribution in [1.82, 2.24) is 10.3 Å². The van der Waals surface area contributed by atoms with Crippen LogP contribution in [0.25, 0.3) is 11.3 Å². The maximum atomic E-state index is 12.3. The van der Waals surface area contributed by atoms with Gasteiger partial charge in [0.2, 0.25) is 0 Å². The first-order valence-electron chi connectivity index (χ1n) is 8.16. The van der Waals surface area contributed by atoms with Crippen molar-refractivity contribution in [3.8, 4) is 11.3 Å². The molecule has 1 aliphatic carbocycles. The van der Waals surface area contributed by atoms with Crippen LogP contribution in [0.3, 0.4) is 0 Å². The minimum absolute atomic E-state index is 0.132. The van der Waals surface area contributed by atoms with Gasteiger partial charge in [0.25, 0.3) is 5.91 Å². The quantitative estimate of drug-likeness (QED) is 0.842. The first kappa shape index (κ1) is 16.1. The van der Waals surface area contributed by atoms with Gasteiger partial charge in [0, 0.05) is 23.1 Å². The van der Waals surface area contributed by atoms with Crippen LogP contribution in [0.15, 0.2) is 35.2 Å². The summed E-state index contributed by atoms with van der Waals surface area (Å²) in [7, 11) is 0. The fourth-order valence-corrected chi connectivity index (χ4v) is 3.62. The molecule has 23 heavy (non-hydrogen) atoms. The minimum Gasteiger partial charge on any atom is -0.388 e. The third-order valence-electron chi connectivity index (χ3n) is 4.49. The van der Waals surface area contributed by atoms with E-state index in [0.29, 0.717) is 12.1 Å². The predicted molar refractivity (Wildman–Crippen MR) is 92.5 cm³/mol. The molecule has 0 saturated heterocycles. The fourth-order valence-electron chi connectivity index (χ4n) is 3.06. The van der Waals surface area contributed by atoms with Gasteiger partial charge in [0.05, 0.1) is 16.8 Å². The molecular formula is C18H22N2O2S. The highest BCUT2D eigenvalue weighted by atomic mass is 32.1. The average Bonchev–Trinajstić information content (AvgIpc) is 3.02. The zero-order valence-electron chi connectivity index (χ0n) is 13.1. The summed E-state index contributed by atoms with van der Waals surface area (Å²) in [4.78, 5) is 16.5. The van der Waals surface area contributed by atoms with Gasteiger partial charge in [-0.2, -0.15) is 0 Å². The van der Waals surface area contributed by atoms with Gasteiger partial charge in [-0.05, 0) is 25.0 Å². The van der Waals surface area contributed by atoms with Gasteiger partial charge < -0.3 is 10.4 Å². The molecule has 3 rings (SSSR count). The highest BCUT2D eigenvalue weighted by molar-refractivity contribution is 7.07. The minimum atomic E-state index is -0.743.